The summed E-state index contributed by atoms with van der Waals surface area (Å²) in [6, 6.07) is 7.61. The average Bonchev–Trinajstić information content (AvgIpc) is 2.36. The Labute approximate surface area is 115 Å². The molecule has 0 fully saturated rings. The number of nitrogens with two attached hydrogens (primary N) is 1. The highest BCUT2D eigenvalue weighted by Crippen LogP contribution is 2.23. The maximum Gasteiger partial charge on any atom is 0.225 e. The SMILES string of the molecule is COC(C)(C)CC(=O)N(C)C(C)c1cccc(N)c1. The highest BCUT2D eigenvalue weighted by Gasteiger charge is 2.25. The second-order valence-corrected chi connectivity index (χ2v) is 5.49. The van der Waals surface area contributed by atoms with Gasteiger partial charge >= 0.3 is 0 Å². The van der Waals surface area contributed by atoms with Crippen LogP contribution in [0, 0.1) is 0 Å². The van der Waals surface area contributed by atoms with Gasteiger partial charge in [-0.05, 0) is 38.5 Å². The zero-order valence-corrected chi connectivity index (χ0v) is 12.4. The first-order valence-electron chi connectivity index (χ1n) is 6.43. The Balaban J connectivity index is 2.77. The van der Waals surface area contributed by atoms with Gasteiger partial charge in [0, 0.05) is 19.8 Å². The molecule has 1 rings (SSSR count). The number of hydrogen-bond acceptors (Lipinski definition) is 3. The van der Waals surface area contributed by atoms with Crippen molar-refractivity contribution in [3.8, 4) is 0 Å². The summed E-state index contributed by atoms with van der Waals surface area (Å²) in [5, 5.41) is 0. The highest BCUT2D eigenvalue weighted by atomic mass is 16.5. The number of amides is 1. The van der Waals surface area contributed by atoms with Crippen LogP contribution >= 0.6 is 0 Å². The molecule has 0 saturated heterocycles. The van der Waals surface area contributed by atoms with Gasteiger partial charge in [-0.3, -0.25) is 4.79 Å². The van der Waals surface area contributed by atoms with Gasteiger partial charge in [0.1, 0.15) is 0 Å². The number of methoxy groups -OCH3 is 1. The minimum Gasteiger partial charge on any atom is -0.399 e. The van der Waals surface area contributed by atoms with E-state index in [1.54, 1.807) is 12.0 Å². The molecule has 0 aromatic heterocycles. The van der Waals surface area contributed by atoms with Crippen LogP contribution in [0.5, 0.6) is 0 Å². The maximum atomic E-state index is 12.2. The fourth-order valence-corrected chi connectivity index (χ4v) is 1.82. The van der Waals surface area contributed by atoms with Crippen LogP contribution in [-0.4, -0.2) is 30.6 Å². The molecule has 0 aliphatic carbocycles. The molecule has 1 unspecified atom stereocenters. The second-order valence-electron chi connectivity index (χ2n) is 5.49. The molecule has 1 atom stereocenters. The van der Waals surface area contributed by atoms with E-state index in [2.05, 4.69) is 0 Å². The maximum absolute atomic E-state index is 12.2. The molecule has 2 N–H and O–H groups in total. The summed E-state index contributed by atoms with van der Waals surface area (Å²) in [5.74, 6) is 0.0572. The Bertz CT molecular complexity index is 444. The van der Waals surface area contributed by atoms with E-state index in [1.807, 2.05) is 52.1 Å². The molecule has 1 amide bonds. The van der Waals surface area contributed by atoms with Crippen molar-refractivity contribution in [2.75, 3.05) is 19.9 Å². The third-order valence-corrected chi connectivity index (χ3v) is 3.50. The van der Waals surface area contributed by atoms with E-state index in [0.717, 1.165) is 5.56 Å². The lowest BCUT2D eigenvalue weighted by Gasteiger charge is -2.30. The minimum atomic E-state index is -0.444. The van der Waals surface area contributed by atoms with Gasteiger partial charge in [-0.1, -0.05) is 12.1 Å². The fourth-order valence-electron chi connectivity index (χ4n) is 1.82. The van der Waals surface area contributed by atoms with Crippen LogP contribution in [0.2, 0.25) is 0 Å². The van der Waals surface area contributed by atoms with E-state index in [4.69, 9.17) is 10.5 Å². The zero-order chi connectivity index (χ0) is 14.6. The molecule has 4 nitrogen and oxygen atoms in total. The topological polar surface area (TPSA) is 55.6 Å². The number of rotatable bonds is 5. The lowest BCUT2D eigenvalue weighted by Crippen LogP contribution is -2.36. The first kappa shape index (κ1) is 15.5. The number of nitrogens with zero attached hydrogens (tertiary/aromatic N) is 1. The van der Waals surface area contributed by atoms with Crippen LogP contribution < -0.4 is 5.73 Å². The Morgan fingerprint density at radius 3 is 2.63 bits per heavy atom. The van der Waals surface area contributed by atoms with Crippen molar-refractivity contribution in [1.29, 1.82) is 0 Å². The van der Waals surface area contributed by atoms with Gasteiger partial charge in [-0.2, -0.15) is 0 Å². The summed E-state index contributed by atoms with van der Waals surface area (Å²) in [6.07, 6.45) is 0.354. The zero-order valence-electron chi connectivity index (χ0n) is 12.4. The summed E-state index contributed by atoms with van der Waals surface area (Å²) in [5.41, 5.74) is 7.07. The first-order chi connectivity index (χ1) is 8.76. The van der Waals surface area contributed by atoms with Crippen LogP contribution in [0.15, 0.2) is 24.3 Å². The first-order valence-corrected chi connectivity index (χ1v) is 6.43. The van der Waals surface area contributed by atoms with Crippen molar-refractivity contribution in [1.82, 2.24) is 4.90 Å². The molecule has 106 valence electrons. The van der Waals surface area contributed by atoms with Crippen LogP contribution in [0.1, 0.15) is 38.8 Å². The molecule has 1 aromatic carbocycles. The van der Waals surface area contributed by atoms with E-state index in [-0.39, 0.29) is 11.9 Å². The van der Waals surface area contributed by atoms with Gasteiger partial charge < -0.3 is 15.4 Å². The number of carbonyl (C=O) groups is 1. The van der Waals surface area contributed by atoms with Crippen molar-refractivity contribution in [2.45, 2.75) is 38.8 Å². The summed E-state index contributed by atoms with van der Waals surface area (Å²) in [6.45, 7) is 5.81. The quantitative estimate of drug-likeness (QED) is 0.832. The Morgan fingerprint density at radius 1 is 1.47 bits per heavy atom. The molecule has 0 heterocycles. The second kappa shape index (κ2) is 6.06. The highest BCUT2D eigenvalue weighted by molar-refractivity contribution is 5.77. The van der Waals surface area contributed by atoms with Crippen LogP contribution in [0.4, 0.5) is 5.69 Å². The van der Waals surface area contributed by atoms with E-state index in [1.165, 1.54) is 0 Å². The molecule has 0 radical (unpaired) electrons. The molecule has 1 aromatic rings. The largest absolute Gasteiger partial charge is 0.399 e. The molecule has 4 heteroatoms. The number of ether oxygens (including phenoxy) is 1. The van der Waals surface area contributed by atoms with Gasteiger partial charge in [0.05, 0.1) is 18.1 Å². The molecule has 0 aliphatic rings. The summed E-state index contributed by atoms with van der Waals surface area (Å²) < 4.78 is 5.30. The van der Waals surface area contributed by atoms with Crippen LogP contribution in [-0.2, 0) is 9.53 Å². The predicted molar refractivity (Wildman–Crippen MR) is 77.7 cm³/mol. The molecular weight excluding hydrogens is 240 g/mol. The Morgan fingerprint density at radius 2 is 2.11 bits per heavy atom. The predicted octanol–water partition coefficient (Wildman–Crippen LogP) is 2.60. The van der Waals surface area contributed by atoms with E-state index >= 15 is 0 Å². The van der Waals surface area contributed by atoms with Gasteiger partial charge in [-0.15, -0.1) is 0 Å². The minimum absolute atomic E-state index is 0.0105. The van der Waals surface area contributed by atoms with Crippen molar-refractivity contribution in [2.24, 2.45) is 0 Å². The Hall–Kier alpha value is -1.55. The molecular formula is C15H24N2O2. The molecule has 0 bridgehead atoms. The normalized spacial score (nSPS) is 13.1. The van der Waals surface area contributed by atoms with Gasteiger partial charge in [0.15, 0.2) is 0 Å². The average molecular weight is 264 g/mol. The number of carbonyl (C=O) groups excluding carboxylic acids is 1. The summed E-state index contributed by atoms with van der Waals surface area (Å²) in [4.78, 5) is 14.0. The summed E-state index contributed by atoms with van der Waals surface area (Å²) >= 11 is 0. The Kier molecular flexibility index (Phi) is 4.95. The lowest BCUT2D eigenvalue weighted by atomic mass is 10.0. The number of nitrogen functional groups attached to an aromatic ring is 1. The van der Waals surface area contributed by atoms with Crippen molar-refractivity contribution in [3.63, 3.8) is 0 Å². The van der Waals surface area contributed by atoms with Gasteiger partial charge in [-0.25, -0.2) is 0 Å². The number of anilines is 1. The molecule has 19 heavy (non-hydrogen) atoms. The van der Waals surface area contributed by atoms with E-state index < -0.39 is 5.60 Å². The third-order valence-electron chi connectivity index (χ3n) is 3.50. The van der Waals surface area contributed by atoms with Gasteiger partial charge in [0.2, 0.25) is 5.91 Å². The monoisotopic (exact) mass is 264 g/mol. The van der Waals surface area contributed by atoms with Crippen LogP contribution in [0.25, 0.3) is 0 Å². The van der Waals surface area contributed by atoms with E-state index in [0.29, 0.717) is 12.1 Å². The molecule has 0 aliphatic heterocycles. The number of hydrogen-bond donors (Lipinski definition) is 1. The molecule has 0 saturated carbocycles. The number of benzene rings is 1. The van der Waals surface area contributed by atoms with Crippen LogP contribution in [0.3, 0.4) is 0 Å². The third kappa shape index (κ3) is 4.24. The molecule has 0 spiro atoms. The van der Waals surface area contributed by atoms with Crippen molar-refractivity contribution in [3.05, 3.63) is 29.8 Å². The smallest absolute Gasteiger partial charge is 0.225 e. The fraction of sp³-hybridized carbons (Fsp3) is 0.533. The summed E-state index contributed by atoms with van der Waals surface area (Å²) in [7, 11) is 3.43. The van der Waals surface area contributed by atoms with E-state index in [9.17, 15) is 4.79 Å². The lowest BCUT2D eigenvalue weighted by molar-refractivity contribution is -0.137. The van der Waals surface area contributed by atoms with Gasteiger partial charge in [0.25, 0.3) is 0 Å². The standard InChI is InChI=1S/C15H24N2O2/c1-11(12-7-6-8-13(16)9-12)17(4)14(18)10-15(2,3)19-5/h6-9,11H,10,16H2,1-5H3. The van der Waals surface area contributed by atoms with Crippen molar-refractivity contribution < 1.29 is 9.53 Å². The van der Waals surface area contributed by atoms with Crippen molar-refractivity contribution >= 4 is 11.6 Å².